The van der Waals surface area contributed by atoms with Crippen molar-refractivity contribution in [3.05, 3.63) is 34.9 Å². The van der Waals surface area contributed by atoms with E-state index in [0.29, 0.717) is 0 Å². The van der Waals surface area contributed by atoms with Crippen LogP contribution >= 0.6 is 11.3 Å². The Morgan fingerprint density at radius 1 is 1.50 bits per heavy atom. The molecule has 0 saturated carbocycles. The first-order chi connectivity index (χ1) is 6.90. The van der Waals surface area contributed by atoms with Crippen molar-refractivity contribution in [3.63, 3.8) is 0 Å². The molecule has 0 radical (unpaired) electrons. The zero-order valence-electron chi connectivity index (χ0n) is 7.90. The van der Waals surface area contributed by atoms with Crippen LogP contribution in [0.2, 0.25) is 0 Å². The molecular formula is C10H11N3S. The van der Waals surface area contributed by atoms with Crippen molar-refractivity contribution in [1.82, 2.24) is 15.3 Å². The molecule has 0 aliphatic heterocycles. The molecule has 0 fully saturated rings. The third kappa shape index (κ3) is 1.97. The van der Waals surface area contributed by atoms with Crippen LogP contribution in [-0.2, 0) is 6.54 Å². The fraction of sp³-hybridized carbons (Fsp3) is 0.200. The quantitative estimate of drug-likeness (QED) is 0.832. The largest absolute Gasteiger partial charge is 0.314 e. The highest BCUT2D eigenvalue weighted by atomic mass is 32.1. The molecule has 2 heterocycles. The molecule has 0 spiro atoms. The summed E-state index contributed by atoms with van der Waals surface area (Å²) in [6, 6.07) is 3.94. The van der Waals surface area contributed by atoms with Crippen LogP contribution in [0.25, 0.3) is 11.3 Å². The minimum absolute atomic E-state index is 0.824. The van der Waals surface area contributed by atoms with Gasteiger partial charge in [-0.2, -0.15) is 0 Å². The monoisotopic (exact) mass is 205 g/mol. The molecular weight excluding hydrogens is 194 g/mol. The van der Waals surface area contributed by atoms with Gasteiger partial charge in [0.05, 0.1) is 5.69 Å². The molecule has 2 aromatic heterocycles. The van der Waals surface area contributed by atoms with E-state index in [9.17, 15) is 0 Å². The van der Waals surface area contributed by atoms with Gasteiger partial charge in [0.25, 0.3) is 0 Å². The van der Waals surface area contributed by atoms with Gasteiger partial charge in [-0.25, -0.2) is 4.98 Å². The van der Waals surface area contributed by atoms with E-state index in [4.69, 9.17) is 0 Å². The number of hydrogen-bond donors (Lipinski definition) is 1. The van der Waals surface area contributed by atoms with Gasteiger partial charge < -0.3 is 5.32 Å². The van der Waals surface area contributed by atoms with E-state index in [0.717, 1.165) is 22.8 Å². The van der Waals surface area contributed by atoms with Crippen LogP contribution in [0.5, 0.6) is 0 Å². The Morgan fingerprint density at radius 2 is 2.43 bits per heavy atom. The van der Waals surface area contributed by atoms with E-state index >= 15 is 0 Å². The van der Waals surface area contributed by atoms with E-state index in [-0.39, 0.29) is 0 Å². The molecule has 0 bridgehead atoms. The first-order valence-corrected chi connectivity index (χ1v) is 5.27. The van der Waals surface area contributed by atoms with Gasteiger partial charge in [0.1, 0.15) is 5.01 Å². The van der Waals surface area contributed by atoms with Gasteiger partial charge in [-0.05, 0) is 19.2 Å². The smallest absolute Gasteiger partial charge is 0.107 e. The van der Waals surface area contributed by atoms with Crippen molar-refractivity contribution in [2.75, 3.05) is 7.05 Å². The van der Waals surface area contributed by atoms with E-state index in [1.165, 1.54) is 0 Å². The molecule has 14 heavy (non-hydrogen) atoms. The number of pyridine rings is 1. The fourth-order valence-corrected chi connectivity index (χ4v) is 2.01. The van der Waals surface area contributed by atoms with Crippen molar-refractivity contribution < 1.29 is 0 Å². The third-order valence-corrected chi connectivity index (χ3v) is 2.69. The minimum atomic E-state index is 0.824. The summed E-state index contributed by atoms with van der Waals surface area (Å²) < 4.78 is 0. The van der Waals surface area contributed by atoms with Crippen molar-refractivity contribution in [1.29, 1.82) is 0 Å². The molecule has 0 atom stereocenters. The highest BCUT2D eigenvalue weighted by molar-refractivity contribution is 7.09. The van der Waals surface area contributed by atoms with Crippen molar-refractivity contribution in [2.24, 2.45) is 0 Å². The SMILES string of the molecule is CNCc1nc(-c2cccnc2)cs1. The lowest BCUT2D eigenvalue weighted by atomic mass is 10.2. The summed E-state index contributed by atoms with van der Waals surface area (Å²) >= 11 is 1.67. The van der Waals surface area contributed by atoms with Crippen LogP contribution in [-0.4, -0.2) is 17.0 Å². The standard InChI is InChI=1S/C10H11N3S/c1-11-6-10-13-9(7-14-10)8-3-2-4-12-5-8/h2-5,7,11H,6H2,1H3. The number of nitrogens with zero attached hydrogens (tertiary/aromatic N) is 2. The van der Waals surface area contributed by atoms with Gasteiger partial charge >= 0.3 is 0 Å². The predicted molar refractivity (Wildman–Crippen MR) is 58.1 cm³/mol. The van der Waals surface area contributed by atoms with Crippen LogP contribution in [0, 0.1) is 0 Å². The second-order valence-electron chi connectivity index (χ2n) is 2.90. The minimum Gasteiger partial charge on any atom is -0.314 e. The van der Waals surface area contributed by atoms with E-state index in [1.54, 1.807) is 17.5 Å². The summed E-state index contributed by atoms with van der Waals surface area (Å²) in [7, 11) is 1.92. The fourth-order valence-electron chi connectivity index (χ4n) is 1.19. The summed E-state index contributed by atoms with van der Waals surface area (Å²) in [5.74, 6) is 0. The van der Waals surface area contributed by atoms with E-state index in [2.05, 4.69) is 20.7 Å². The summed E-state index contributed by atoms with van der Waals surface area (Å²) in [6.45, 7) is 0.824. The number of thiazole rings is 1. The van der Waals surface area contributed by atoms with Crippen LogP contribution in [0.3, 0.4) is 0 Å². The van der Waals surface area contributed by atoms with E-state index in [1.807, 2.05) is 25.4 Å². The summed E-state index contributed by atoms with van der Waals surface area (Å²) in [5.41, 5.74) is 2.08. The van der Waals surface area contributed by atoms with Gasteiger partial charge in [-0.3, -0.25) is 4.98 Å². The van der Waals surface area contributed by atoms with Crippen molar-refractivity contribution in [3.8, 4) is 11.3 Å². The second-order valence-corrected chi connectivity index (χ2v) is 3.84. The summed E-state index contributed by atoms with van der Waals surface area (Å²) in [4.78, 5) is 8.55. The van der Waals surface area contributed by atoms with Crippen LogP contribution < -0.4 is 5.32 Å². The molecule has 0 saturated heterocycles. The molecule has 2 aromatic rings. The lowest BCUT2D eigenvalue weighted by molar-refractivity contribution is 0.811. The number of aromatic nitrogens is 2. The Bertz CT molecular complexity index is 397. The van der Waals surface area contributed by atoms with Gasteiger partial charge in [-0.15, -0.1) is 11.3 Å². The third-order valence-electron chi connectivity index (χ3n) is 1.84. The topological polar surface area (TPSA) is 37.8 Å². The Hall–Kier alpha value is -1.26. The molecule has 2 rings (SSSR count). The average Bonchev–Trinajstić information content (AvgIpc) is 2.68. The highest BCUT2D eigenvalue weighted by Gasteiger charge is 2.02. The molecule has 0 amide bonds. The lowest BCUT2D eigenvalue weighted by Gasteiger charge is -1.94. The molecule has 0 aliphatic carbocycles. The van der Waals surface area contributed by atoms with Crippen LogP contribution in [0.15, 0.2) is 29.9 Å². The molecule has 72 valence electrons. The van der Waals surface area contributed by atoms with E-state index < -0.39 is 0 Å². The predicted octanol–water partition coefficient (Wildman–Crippen LogP) is 1.92. The average molecular weight is 205 g/mol. The highest BCUT2D eigenvalue weighted by Crippen LogP contribution is 2.20. The van der Waals surface area contributed by atoms with Gasteiger partial charge in [0, 0.05) is 29.9 Å². The second kappa shape index (κ2) is 4.30. The molecule has 0 aliphatic rings. The Kier molecular flexibility index (Phi) is 2.86. The maximum Gasteiger partial charge on any atom is 0.107 e. The van der Waals surface area contributed by atoms with Crippen LogP contribution in [0.1, 0.15) is 5.01 Å². The Labute approximate surface area is 86.8 Å². The molecule has 3 nitrogen and oxygen atoms in total. The van der Waals surface area contributed by atoms with Gasteiger partial charge in [-0.1, -0.05) is 0 Å². The van der Waals surface area contributed by atoms with Crippen molar-refractivity contribution >= 4 is 11.3 Å². The normalized spacial score (nSPS) is 10.4. The number of rotatable bonds is 3. The Morgan fingerprint density at radius 3 is 3.14 bits per heavy atom. The van der Waals surface area contributed by atoms with Gasteiger partial charge in [0.15, 0.2) is 0 Å². The first kappa shape index (κ1) is 9.30. The molecule has 0 unspecified atom stereocenters. The van der Waals surface area contributed by atoms with Crippen LogP contribution in [0.4, 0.5) is 0 Å². The zero-order valence-corrected chi connectivity index (χ0v) is 8.71. The van der Waals surface area contributed by atoms with Crippen molar-refractivity contribution in [2.45, 2.75) is 6.54 Å². The van der Waals surface area contributed by atoms with Gasteiger partial charge in [0.2, 0.25) is 0 Å². The Balaban J connectivity index is 2.25. The maximum absolute atomic E-state index is 4.49. The lowest BCUT2D eigenvalue weighted by Crippen LogP contribution is -2.04. The molecule has 4 heteroatoms. The summed E-state index contributed by atoms with van der Waals surface area (Å²) in [5, 5.41) is 6.24. The number of hydrogen-bond acceptors (Lipinski definition) is 4. The zero-order chi connectivity index (χ0) is 9.80. The number of nitrogens with one attached hydrogen (secondary N) is 1. The maximum atomic E-state index is 4.49. The molecule has 1 N–H and O–H groups in total. The molecule has 0 aromatic carbocycles. The summed E-state index contributed by atoms with van der Waals surface area (Å²) in [6.07, 6.45) is 3.60. The first-order valence-electron chi connectivity index (χ1n) is 4.39.